The average molecular weight is 319 g/mol. The molecule has 0 saturated heterocycles. The molecule has 0 saturated carbocycles. The second kappa shape index (κ2) is 7.80. The van der Waals surface area contributed by atoms with E-state index < -0.39 is 0 Å². The quantitative estimate of drug-likeness (QED) is 0.813. The standard InChI is InChI=1S/C17H19ClN2O2/c1-3-20(12-14-7-5-6-8-15(14)18)17(21)13-9-10-19-16(11-13)22-4-2/h5-11H,3-4,12H2,1-2H3. The van der Waals surface area contributed by atoms with Crippen molar-refractivity contribution in [2.75, 3.05) is 13.2 Å². The molecule has 1 heterocycles. The van der Waals surface area contributed by atoms with Crippen LogP contribution in [-0.2, 0) is 6.54 Å². The molecule has 0 N–H and O–H groups in total. The molecule has 0 unspecified atom stereocenters. The highest BCUT2D eigenvalue weighted by atomic mass is 35.5. The zero-order chi connectivity index (χ0) is 15.9. The number of aromatic nitrogens is 1. The zero-order valence-corrected chi connectivity index (χ0v) is 13.5. The molecule has 0 aliphatic heterocycles. The fourth-order valence-electron chi connectivity index (χ4n) is 2.11. The second-order valence-corrected chi connectivity index (χ2v) is 5.13. The van der Waals surface area contributed by atoms with Crippen molar-refractivity contribution in [2.45, 2.75) is 20.4 Å². The number of carbonyl (C=O) groups excluding carboxylic acids is 1. The fraction of sp³-hybridized carbons (Fsp3) is 0.294. The Bertz CT molecular complexity index is 646. The summed E-state index contributed by atoms with van der Waals surface area (Å²) in [4.78, 5) is 18.5. The lowest BCUT2D eigenvalue weighted by Gasteiger charge is -2.21. The van der Waals surface area contributed by atoms with Crippen molar-refractivity contribution in [3.8, 4) is 5.88 Å². The summed E-state index contributed by atoms with van der Waals surface area (Å²) in [6.45, 7) is 5.41. The largest absolute Gasteiger partial charge is 0.478 e. The third-order valence-corrected chi connectivity index (χ3v) is 3.63. The van der Waals surface area contributed by atoms with Gasteiger partial charge in [0.2, 0.25) is 5.88 Å². The van der Waals surface area contributed by atoms with Crippen molar-refractivity contribution >= 4 is 17.5 Å². The van der Waals surface area contributed by atoms with E-state index in [1.165, 1.54) is 0 Å². The minimum absolute atomic E-state index is 0.0641. The molecule has 1 aromatic carbocycles. The zero-order valence-electron chi connectivity index (χ0n) is 12.8. The van der Waals surface area contributed by atoms with Gasteiger partial charge in [0.15, 0.2) is 0 Å². The molecular formula is C17H19ClN2O2. The number of hydrogen-bond acceptors (Lipinski definition) is 3. The van der Waals surface area contributed by atoms with Gasteiger partial charge < -0.3 is 9.64 Å². The Morgan fingerprint density at radius 1 is 1.27 bits per heavy atom. The number of ether oxygens (including phenoxy) is 1. The number of pyridine rings is 1. The van der Waals surface area contributed by atoms with Gasteiger partial charge in [0.25, 0.3) is 5.91 Å². The Kier molecular flexibility index (Phi) is 5.78. The number of benzene rings is 1. The molecule has 0 radical (unpaired) electrons. The van der Waals surface area contributed by atoms with E-state index in [1.54, 1.807) is 23.2 Å². The molecule has 0 spiro atoms. The van der Waals surface area contributed by atoms with Crippen LogP contribution in [0.15, 0.2) is 42.6 Å². The summed E-state index contributed by atoms with van der Waals surface area (Å²) in [6.07, 6.45) is 1.58. The highest BCUT2D eigenvalue weighted by Gasteiger charge is 2.16. The van der Waals surface area contributed by atoms with Crippen molar-refractivity contribution in [2.24, 2.45) is 0 Å². The molecule has 0 atom stereocenters. The van der Waals surface area contributed by atoms with Gasteiger partial charge in [-0.25, -0.2) is 4.98 Å². The van der Waals surface area contributed by atoms with E-state index in [1.807, 2.05) is 38.1 Å². The highest BCUT2D eigenvalue weighted by Crippen LogP contribution is 2.19. The molecule has 0 fully saturated rings. The summed E-state index contributed by atoms with van der Waals surface area (Å²) in [7, 11) is 0. The molecule has 0 aliphatic carbocycles. The molecule has 116 valence electrons. The summed E-state index contributed by atoms with van der Waals surface area (Å²) in [6, 6.07) is 10.9. The van der Waals surface area contributed by atoms with Crippen molar-refractivity contribution in [3.05, 3.63) is 58.7 Å². The Hall–Kier alpha value is -2.07. The summed E-state index contributed by atoms with van der Waals surface area (Å²) < 4.78 is 5.34. The summed E-state index contributed by atoms with van der Waals surface area (Å²) >= 11 is 6.17. The molecule has 1 aromatic heterocycles. The van der Waals surface area contributed by atoms with Crippen molar-refractivity contribution in [1.29, 1.82) is 0 Å². The summed E-state index contributed by atoms with van der Waals surface area (Å²) in [5.41, 5.74) is 1.49. The molecule has 2 rings (SSSR count). The van der Waals surface area contributed by atoms with Crippen LogP contribution in [-0.4, -0.2) is 28.9 Å². The first-order valence-corrected chi connectivity index (χ1v) is 7.65. The molecule has 2 aromatic rings. The van der Waals surface area contributed by atoms with E-state index in [0.717, 1.165) is 5.56 Å². The van der Waals surface area contributed by atoms with Gasteiger partial charge in [0, 0.05) is 35.9 Å². The Morgan fingerprint density at radius 3 is 2.73 bits per heavy atom. The van der Waals surface area contributed by atoms with Crippen LogP contribution in [0.25, 0.3) is 0 Å². The van der Waals surface area contributed by atoms with Gasteiger partial charge in [-0.2, -0.15) is 0 Å². The van der Waals surface area contributed by atoms with Crippen molar-refractivity contribution < 1.29 is 9.53 Å². The van der Waals surface area contributed by atoms with Gasteiger partial charge in [-0.3, -0.25) is 4.79 Å². The molecular weight excluding hydrogens is 300 g/mol. The lowest BCUT2D eigenvalue weighted by molar-refractivity contribution is 0.0752. The summed E-state index contributed by atoms with van der Waals surface area (Å²) in [5, 5.41) is 0.665. The lowest BCUT2D eigenvalue weighted by Crippen LogP contribution is -2.30. The number of rotatable bonds is 6. The van der Waals surface area contributed by atoms with Gasteiger partial charge in [0.05, 0.1) is 6.61 Å². The van der Waals surface area contributed by atoms with Gasteiger partial charge in [-0.1, -0.05) is 29.8 Å². The number of hydrogen-bond donors (Lipinski definition) is 0. The Balaban J connectivity index is 2.18. The van der Waals surface area contributed by atoms with Crippen LogP contribution in [0.3, 0.4) is 0 Å². The van der Waals surface area contributed by atoms with E-state index in [2.05, 4.69) is 4.98 Å². The monoisotopic (exact) mass is 318 g/mol. The second-order valence-electron chi connectivity index (χ2n) is 4.73. The summed E-state index contributed by atoms with van der Waals surface area (Å²) in [5.74, 6) is 0.396. The lowest BCUT2D eigenvalue weighted by atomic mass is 10.1. The van der Waals surface area contributed by atoms with Crippen LogP contribution >= 0.6 is 11.6 Å². The van der Waals surface area contributed by atoms with Gasteiger partial charge in [0.1, 0.15) is 0 Å². The molecule has 0 bridgehead atoms. The maximum absolute atomic E-state index is 12.6. The highest BCUT2D eigenvalue weighted by molar-refractivity contribution is 6.31. The minimum atomic E-state index is -0.0641. The molecule has 4 nitrogen and oxygen atoms in total. The topological polar surface area (TPSA) is 42.4 Å². The fourth-order valence-corrected chi connectivity index (χ4v) is 2.31. The maximum atomic E-state index is 12.6. The van der Waals surface area contributed by atoms with Gasteiger partial charge >= 0.3 is 0 Å². The molecule has 5 heteroatoms. The predicted octanol–water partition coefficient (Wildman–Crippen LogP) is 3.80. The first kappa shape index (κ1) is 16.3. The third kappa shape index (κ3) is 3.98. The smallest absolute Gasteiger partial charge is 0.254 e. The van der Waals surface area contributed by atoms with Crippen LogP contribution in [0.2, 0.25) is 5.02 Å². The molecule has 0 aliphatic rings. The van der Waals surface area contributed by atoms with Crippen molar-refractivity contribution in [3.63, 3.8) is 0 Å². The van der Waals surface area contributed by atoms with E-state index in [4.69, 9.17) is 16.3 Å². The van der Waals surface area contributed by atoms with Crippen LogP contribution in [0, 0.1) is 0 Å². The van der Waals surface area contributed by atoms with Gasteiger partial charge in [-0.05, 0) is 31.5 Å². The van der Waals surface area contributed by atoms with Crippen LogP contribution < -0.4 is 4.74 Å². The molecule has 1 amide bonds. The van der Waals surface area contributed by atoms with E-state index in [0.29, 0.717) is 36.2 Å². The van der Waals surface area contributed by atoms with Crippen molar-refractivity contribution in [1.82, 2.24) is 9.88 Å². The van der Waals surface area contributed by atoms with Crippen LogP contribution in [0.5, 0.6) is 5.88 Å². The van der Waals surface area contributed by atoms with E-state index >= 15 is 0 Å². The average Bonchev–Trinajstić information content (AvgIpc) is 2.54. The minimum Gasteiger partial charge on any atom is -0.478 e. The Morgan fingerprint density at radius 2 is 2.05 bits per heavy atom. The SMILES string of the molecule is CCOc1cc(C(=O)N(CC)Cc2ccccc2Cl)ccn1. The van der Waals surface area contributed by atoms with Crippen LogP contribution in [0.4, 0.5) is 0 Å². The normalized spacial score (nSPS) is 10.3. The number of halogens is 1. The maximum Gasteiger partial charge on any atom is 0.254 e. The van der Waals surface area contributed by atoms with Gasteiger partial charge in [-0.15, -0.1) is 0 Å². The number of nitrogens with zero attached hydrogens (tertiary/aromatic N) is 2. The van der Waals surface area contributed by atoms with E-state index in [9.17, 15) is 4.79 Å². The predicted molar refractivity (Wildman–Crippen MR) is 87.3 cm³/mol. The molecule has 22 heavy (non-hydrogen) atoms. The number of amides is 1. The first-order chi connectivity index (χ1) is 10.7. The number of carbonyl (C=O) groups is 1. The first-order valence-electron chi connectivity index (χ1n) is 7.27. The van der Waals surface area contributed by atoms with E-state index in [-0.39, 0.29) is 5.91 Å². The van der Waals surface area contributed by atoms with Crippen LogP contribution in [0.1, 0.15) is 29.8 Å². The third-order valence-electron chi connectivity index (χ3n) is 3.26. The Labute approximate surface area is 135 Å².